The van der Waals surface area contributed by atoms with Crippen LogP contribution < -0.4 is 5.43 Å². The average molecular weight is 331 g/mol. The molecule has 0 spiro atoms. The Morgan fingerprint density at radius 2 is 1.79 bits per heavy atom. The summed E-state index contributed by atoms with van der Waals surface area (Å²) in [6.45, 7) is 1.61. The molecule has 0 saturated carbocycles. The van der Waals surface area contributed by atoms with Gasteiger partial charge in [0.15, 0.2) is 0 Å². The van der Waals surface area contributed by atoms with E-state index in [0.717, 1.165) is 18.2 Å². The van der Waals surface area contributed by atoms with Gasteiger partial charge < -0.3 is 0 Å². The lowest BCUT2D eigenvalue weighted by Gasteiger charge is -2.08. The third-order valence-corrected chi connectivity index (χ3v) is 3.19. The van der Waals surface area contributed by atoms with Crippen molar-refractivity contribution in [3.8, 4) is 6.07 Å². The number of hydrogen-bond donors (Lipinski definition) is 1. The molecular formula is C17H12F3N3O. The largest absolute Gasteiger partial charge is 0.416 e. The number of carbonyl (C=O) groups is 1. The van der Waals surface area contributed by atoms with Gasteiger partial charge in [0.05, 0.1) is 22.9 Å². The lowest BCUT2D eigenvalue weighted by atomic mass is 10.1. The van der Waals surface area contributed by atoms with E-state index in [2.05, 4.69) is 10.5 Å². The number of benzene rings is 2. The van der Waals surface area contributed by atoms with Crippen molar-refractivity contribution in [2.24, 2.45) is 5.10 Å². The molecule has 1 amide bonds. The first-order valence-electron chi connectivity index (χ1n) is 6.83. The number of hydrazone groups is 1. The van der Waals surface area contributed by atoms with E-state index in [-0.39, 0.29) is 5.56 Å². The van der Waals surface area contributed by atoms with Crippen molar-refractivity contribution < 1.29 is 18.0 Å². The first-order valence-corrected chi connectivity index (χ1v) is 6.83. The fourth-order valence-corrected chi connectivity index (χ4v) is 1.91. The highest BCUT2D eigenvalue weighted by atomic mass is 19.4. The highest BCUT2D eigenvalue weighted by molar-refractivity contribution is 6.01. The maximum atomic E-state index is 12.7. The molecule has 0 aliphatic carbocycles. The van der Waals surface area contributed by atoms with E-state index in [1.807, 2.05) is 6.07 Å². The fraction of sp³-hybridized carbons (Fsp3) is 0.118. The number of halogens is 3. The van der Waals surface area contributed by atoms with Crippen LogP contribution in [0.1, 0.15) is 34.0 Å². The molecule has 0 radical (unpaired) electrons. The van der Waals surface area contributed by atoms with E-state index < -0.39 is 17.6 Å². The maximum Gasteiger partial charge on any atom is 0.416 e. The molecule has 0 bridgehead atoms. The van der Waals surface area contributed by atoms with Crippen LogP contribution in [0.3, 0.4) is 0 Å². The van der Waals surface area contributed by atoms with Gasteiger partial charge in [-0.2, -0.15) is 23.5 Å². The predicted octanol–water partition coefficient (Wildman–Crippen LogP) is 3.73. The molecule has 2 rings (SSSR count). The van der Waals surface area contributed by atoms with Crippen molar-refractivity contribution in [2.45, 2.75) is 13.1 Å². The van der Waals surface area contributed by atoms with Crippen molar-refractivity contribution in [1.29, 1.82) is 5.26 Å². The number of nitrogens with zero attached hydrogens (tertiary/aromatic N) is 2. The summed E-state index contributed by atoms with van der Waals surface area (Å²) in [7, 11) is 0. The second-order valence-corrected chi connectivity index (χ2v) is 4.91. The summed E-state index contributed by atoms with van der Waals surface area (Å²) in [5.74, 6) is -0.753. The Kier molecular flexibility index (Phi) is 4.99. The van der Waals surface area contributed by atoms with Crippen LogP contribution in [0.15, 0.2) is 53.6 Å². The van der Waals surface area contributed by atoms with Crippen molar-refractivity contribution >= 4 is 11.6 Å². The number of carbonyl (C=O) groups excluding carboxylic acids is 1. The van der Waals surface area contributed by atoms with Crippen LogP contribution in [-0.4, -0.2) is 11.6 Å². The van der Waals surface area contributed by atoms with Crippen molar-refractivity contribution in [3.63, 3.8) is 0 Å². The summed E-state index contributed by atoms with van der Waals surface area (Å²) in [5.41, 5.74) is 2.64. The zero-order valence-corrected chi connectivity index (χ0v) is 12.6. The maximum absolute atomic E-state index is 12.7. The lowest BCUT2D eigenvalue weighted by Crippen LogP contribution is -2.20. The van der Waals surface area contributed by atoms with Gasteiger partial charge in [0.25, 0.3) is 5.91 Å². The zero-order chi connectivity index (χ0) is 17.7. The number of alkyl halides is 3. The van der Waals surface area contributed by atoms with E-state index in [0.29, 0.717) is 16.8 Å². The van der Waals surface area contributed by atoms with Gasteiger partial charge in [-0.3, -0.25) is 4.79 Å². The van der Waals surface area contributed by atoms with E-state index in [9.17, 15) is 18.0 Å². The minimum Gasteiger partial charge on any atom is -0.267 e. The third kappa shape index (κ3) is 4.20. The van der Waals surface area contributed by atoms with Crippen LogP contribution in [0.25, 0.3) is 0 Å². The minimum absolute atomic E-state index is 0.146. The Morgan fingerprint density at radius 1 is 1.12 bits per heavy atom. The SMILES string of the molecule is C/C(=N\NC(=O)c1cccc(C(F)(F)F)c1)c1cccc(C#N)c1. The van der Waals surface area contributed by atoms with Crippen LogP contribution in [0.5, 0.6) is 0 Å². The van der Waals surface area contributed by atoms with E-state index in [4.69, 9.17) is 5.26 Å². The van der Waals surface area contributed by atoms with E-state index >= 15 is 0 Å². The minimum atomic E-state index is -4.52. The van der Waals surface area contributed by atoms with Gasteiger partial charge in [-0.05, 0) is 42.8 Å². The van der Waals surface area contributed by atoms with Crippen LogP contribution in [0.2, 0.25) is 0 Å². The van der Waals surface area contributed by atoms with E-state index in [1.165, 1.54) is 6.07 Å². The third-order valence-electron chi connectivity index (χ3n) is 3.19. The highest BCUT2D eigenvalue weighted by Crippen LogP contribution is 2.29. The molecule has 0 saturated heterocycles. The summed E-state index contributed by atoms with van der Waals surface area (Å²) in [6, 6.07) is 12.6. The first-order chi connectivity index (χ1) is 11.3. The first kappa shape index (κ1) is 17.2. The van der Waals surface area contributed by atoms with Gasteiger partial charge in [0, 0.05) is 5.56 Å². The molecule has 2 aromatic rings. The quantitative estimate of drug-likeness (QED) is 0.688. The van der Waals surface area contributed by atoms with Crippen LogP contribution in [0, 0.1) is 11.3 Å². The number of rotatable bonds is 3. The Bertz CT molecular complexity index is 835. The van der Waals surface area contributed by atoms with Crippen LogP contribution >= 0.6 is 0 Å². The predicted molar refractivity (Wildman–Crippen MR) is 82.3 cm³/mol. The lowest BCUT2D eigenvalue weighted by molar-refractivity contribution is -0.137. The summed E-state index contributed by atoms with van der Waals surface area (Å²) >= 11 is 0. The Labute approximate surface area is 136 Å². The molecule has 0 aliphatic heterocycles. The Balaban J connectivity index is 2.16. The van der Waals surface area contributed by atoms with Gasteiger partial charge in [-0.1, -0.05) is 18.2 Å². The number of nitrogens with one attached hydrogen (secondary N) is 1. The van der Waals surface area contributed by atoms with Gasteiger partial charge in [-0.25, -0.2) is 5.43 Å². The molecule has 0 atom stereocenters. The number of nitriles is 1. The van der Waals surface area contributed by atoms with Gasteiger partial charge in [-0.15, -0.1) is 0 Å². The molecule has 122 valence electrons. The van der Waals surface area contributed by atoms with E-state index in [1.54, 1.807) is 31.2 Å². The average Bonchev–Trinajstić information content (AvgIpc) is 2.58. The standard InChI is InChI=1S/C17H12F3N3O/c1-11(13-5-2-4-12(8-13)10-21)22-23-16(24)14-6-3-7-15(9-14)17(18,19)20/h2-9H,1H3,(H,23,24)/b22-11+. The topological polar surface area (TPSA) is 65.2 Å². The zero-order valence-electron chi connectivity index (χ0n) is 12.6. The van der Waals surface area contributed by atoms with Crippen LogP contribution in [-0.2, 0) is 6.18 Å². The summed E-state index contributed by atoms with van der Waals surface area (Å²) in [4.78, 5) is 11.9. The normalized spacial score (nSPS) is 11.7. The second kappa shape index (κ2) is 6.96. The Morgan fingerprint density at radius 3 is 2.46 bits per heavy atom. The van der Waals surface area contributed by atoms with Gasteiger partial charge >= 0.3 is 6.18 Å². The van der Waals surface area contributed by atoms with Crippen molar-refractivity contribution in [1.82, 2.24) is 5.43 Å². The molecule has 7 heteroatoms. The number of amides is 1. The van der Waals surface area contributed by atoms with Crippen molar-refractivity contribution in [2.75, 3.05) is 0 Å². The molecule has 24 heavy (non-hydrogen) atoms. The molecule has 4 nitrogen and oxygen atoms in total. The van der Waals surface area contributed by atoms with Gasteiger partial charge in [0.1, 0.15) is 0 Å². The second-order valence-electron chi connectivity index (χ2n) is 4.91. The molecule has 0 aliphatic rings. The molecule has 0 fully saturated rings. The number of hydrogen-bond acceptors (Lipinski definition) is 3. The molecular weight excluding hydrogens is 319 g/mol. The molecule has 0 heterocycles. The van der Waals surface area contributed by atoms with Crippen LogP contribution in [0.4, 0.5) is 13.2 Å². The Hall–Kier alpha value is -3.14. The summed E-state index contributed by atoms with van der Waals surface area (Å²) in [6.07, 6.45) is -4.52. The molecule has 0 unspecified atom stereocenters. The molecule has 0 aromatic heterocycles. The van der Waals surface area contributed by atoms with Crippen molar-refractivity contribution in [3.05, 3.63) is 70.8 Å². The fourth-order valence-electron chi connectivity index (χ4n) is 1.91. The summed E-state index contributed by atoms with van der Waals surface area (Å²) in [5, 5.41) is 12.7. The van der Waals surface area contributed by atoms with Gasteiger partial charge in [0.2, 0.25) is 0 Å². The summed E-state index contributed by atoms with van der Waals surface area (Å²) < 4.78 is 38.0. The molecule has 2 aromatic carbocycles. The molecule has 1 N–H and O–H groups in total. The monoisotopic (exact) mass is 331 g/mol. The smallest absolute Gasteiger partial charge is 0.267 e. The highest BCUT2D eigenvalue weighted by Gasteiger charge is 2.30.